The number of carbonyl (C=O) groups excluding carboxylic acids is 2. The third-order valence-corrected chi connectivity index (χ3v) is 4.61. The van der Waals surface area contributed by atoms with Crippen LogP contribution in [-0.2, 0) is 9.53 Å². The van der Waals surface area contributed by atoms with E-state index in [4.69, 9.17) is 4.74 Å². The summed E-state index contributed by atoms with van der Waals surface area (Å²) >= 11 is 1.10. The number of para-hydroxylation sites is 1. The lowest BCUT2D eigenvalue weighted by Gasteiger charge is -2.09. The second-order valence-electron chi connectivity index (χ2n) is 5.68. The molecule has 0 spiro atoms. The van der Waals surface area contributed by atoms with Gasteiger partial charge in [-0.05, 0) is 12.1 Å². The van der Waals surface area contributed by atoms with Gasteiger partial charge < -0.3 is 15.0 Å². The largest absolute Gasteiger partial charge is 0.465 e. The fraction of sp³-hybridized carbons (Fsp3) is 0.100. The number of nitrogens with one attached hydrogen (secondary N) is 2. The molecule has 28 heavy (non-hydrogen) atoms. The van der Waals surface area contributed by atoms with E-state index in [2.05, 4.69) is 15.3 Å². The molecule has 2 aromatic carbocycles. The van der Waals surface area contributed by atoms with Crippen LogP contribution in [0.4, 0.5) is 5.69 Å². The molecule has 0 aliphatic rings. The number of amides is 1. The van der Waals surface area contributed by atoms with Crippen molar-refractivity contribution in [3.63, 3.8) is 0 Å². The van der Waals surface area contributed by atoms with E-state index in [0.29, 0.717) is 16.5 Å². The smallest absolute Gasteiger partial charge is 0.339 e. The van der Waals surface area contributed by atoms with Gasteiger partial charge in [-0.3, -0.25) is 9.59 Å². The van der Waals surface area contributed by atoms with Crippen LogP contribution in [0.25, 0.3) is 11.3 Å². The molecule has 1 aromatic heterocycles. The Morgan fingerprint density at radius 1 is 1.11 bits per heavy atom. The highest BCUT2D eigenvalue weighted by Gasteiger charge is 2.14. The number of methoxy groups -OCH3 is 1. The molecule has 0 unspecified atom stereocenters. The summed E-state index contributed by atoms with van der Waals surface area (Å²) in [6, 6.07) is 17.3. The molecule has 7 nitrogen and oxygen atoms in total. The molecule has 0 atom stereocenters. The van der Waals surface area contributed by atoms with Crippen molar-refractivity contribution >= 4 is 29.3 Å². The minimum atomic E-state index is -0.537. The first-order valence-electron chi connectivity index (χ1n) is 8.33. The van der Waals surface area contributed by atoms with E-state index in [1.165, 1.54) is 13.2 Å². The number of hydrogen-bond acceptors (Lipinski definition) is 6. The third-order valence-electron chi connectivity index (χ3n) is 3.74. The number of nitrogens with zero attached hydrogens (tertiary/aromatic N) is 1. The number of H-pyrrole nitrogens is 1. The molecule has 2 N–H and O–H groups in total. The summed E-state index contributed by atoms with van der Waals surface area (Å²) in [7, 11) is 1.28. The summed E-state index contributed by atoms with van der Waals surface area (Å²) in [5, 5.41) is 3.01. The number of rotatable bonds is 6. The molecule has 0 aliphatic heterocycles. The van der Waals surface area contributed by atoms with Gasteiger partial charge in [-0.1, -0.05) is 54.2 Å². The van der Waals surface area contributed by atoms with Crippen LogP contribution in [0.2, 0.25) is 0 Å². The molecular weight excluding hydrogens is 378 g/mol. The number of esters is 1. The number of hydrogen-bond donors (Lipinski definition) is 2. The van der Waals surface area contributed by atoms with Gasteiger partial charge >= 0.3 is 5.97 Å². The fourth-order valence-corrected chi connectivity index (χ4v) is 3.14. The van der Waals surface area contributed by atoms with Crippen molar-refractivity contribution in [1.29, 1.82) is 0 Å². The standard InChI is InChI=1S/C20H17N3O4S/c1-27-19(26)14-9-5-6-10-15(14)21-18(25)12-28-20-22-16(11-17(24)23-20)13-7-3-2-4-8-13/h2-11H,12H2,1H3,(H,21,25)(H,22,23,24). The topological polar surface area (TPSA) is 101 Å². The van der Waals surface area contributed by atoms with Gasteiger partial charge in [0.1, 0.15) is 0 Å². The minimum absolute atomic E-state index is 0.0106. The monoisotopic (exact) mass is 395 g/mol. The first kappa shape index (κ1) is 19.4. The first-order valence-corrected chi connectivity index (χ1v) is 9.32. The van der Waals surface area contributed by atoms with Crippen molar-refractivity contribution in [1.82, 2.24) is 9.97 Å². The number of anilines is 1. The Labute approximate surface area is 165 Å². The van der Waals surface area contributed by atoms with Crippen molar-refractivity contribution in [3.8, 4) is 11.3 Å². The summed E-state index contributed by atoms with van der Waals surface area (Å²) in [6.45, 7) is 0. The number of thioether (sulfide) groups is 1. The summed E-state index contributed by atoms with van der Waals surface area (Å²) < 4.78 is 4.71. The number of aromatic amines is 1. The van der Waals surface area contributed by atoms with Crippen molar-refractivity contribution in [2.45, 2.75) is 5.16 Å². The van der Waals surface area contributed by atoms with E-state index in [-0.39, 0.29) is 22.8 Å². The quantitative estimate of drug-likeness (QED) is 0.378. The number of carbonyl (C=O) groups is 2. The minimum Gasteiger partial charge on any atom is -0.465 e. The average molecular weight is 395 g/mol. The second kappa shape index (κ2) is 9.01. The normalized spacial score (nSPS) is 10.3. The van der Waals surface area contributed by atoms with Crippen molar-refractivity contribution in [3.05, 3.63) is 76.6 Å². The molecule has 0 bridgehead atoms. The first-order chi connectivity index (χ1) is 13.6. The summed E-state index contributed by atoms with van der Waals surface area (Å²) in [4.78, 5) is 43.0. The van der Waals surface area contributed by atoms with Crippen LogP contribution < -0.4 is 10.9 Å². The number of aromatic nitrogens is 2. The number of benzene rings is 2. The SMILES string of the molecule is COC(=O)c1ccccc1NC(=O)CSc1nc(-c2ccccc2)cc(=O)[nH]1. The Balaban J connectivity index is 1.70. The lowest BCUT2D eigenvalue weighted by atomic mass is 10.1. The molecule has 142 valence electrons. The molecule has 3 rings (SSSR count). The highest BCUT2D eigenvalue weighted by molar-refractivity contribution is 7.99. The van der Waals surface area contributed by atoms with Crippen LogP contribution in [0.5, 0.6) is 0 Å². The maximum Gasteiger partial charge on any atom is 0.339 e. The van der Waals surface area contributed by atoms with Gasteiger partial charge in [-0.15, -0.1) is 0 Å². The van der Waals surface area contributed by atoms with Crippen LogP contribution >= 0.6 is 11.8 Å². The Kier molecular flexibility index (Phi) is 6.23. The molecule has 1 amide bonds. The molecule has 0 radical (unpaired) electrons. The van der Waals surface area contributed by atoms with Gasteiger partial charge in [-0.25, -0.2) is 9.78 Å². The Hall–Kier alpha value is -3.39. The second-order valence-corrected chi connectivity index (χ2v) is 6.64. The summed E-state index contributed by atoms with van der Waals surface area (Å²) in [6.07, 6.45) is 0. The molecule has 0 aliphatic carbocycles. The maximum absolute atomic E-state index is 12.3. The van der Waals surface area contributed by atoms with Gasteiger partial charge in [-0.2, -0.15) is 0 Å². The van der Waals surface area contributed by atoms with Crippen molar-refractivity contribution in [2.75, 3.05) is 18.2 Å². The third kappa shape index (κ3) is 4.86. The zero-order valence-corrected chi connectivity index (χ0v) is 15.8. The van der Waals surface area contributed by atoms with Crippen LogP contribution in [-0.4, -0.2) is 34.7 Å². The predicted octanol–water partition coefficient (Wildman–Crippen LogP) is 2.95. The Morgan fingerprint density at radius 3 is 2.57 bits per heavy atom. The predicted molar refractivity (Wildman–Crippen MR) is 107 cm³/mol. The lowest BCUT2D eigenvalue weighted by Crippen LogP contribution is -2.17. The average Bonchev–Trinajstić information content (AvgIpc) is 2.72. The maximum atomic E-state index is 12.3. The van der Waals surface area contributed by atoms with Gasteiger partial charge in [0.25, 0.3) is 5.56 Å². The van der Waals surface area contributed by atoms with Gasteiger partial charge in [0, 0.05) is 11.6 Å². The van der Waals surface area contributed by atoms with Gasteiger partial charge in [0.05, 0.1) is 29.8 Å². The van der Waals surface area contributed by atoms with Gasteiger partial charge in [0.2, 0.25) is 5.91 Å². The molecule has 0 fully saturated rings. The number of ether oxygens (including phenoxy) is 1. The van der Waals surface area contributed by atoms with E-state index < -0.39 is 5.97 Å². The molecular formula is C20H17N3O4S. The van der Waals surface area contributed by atoms with Crippen molar-refractivity contribution in [2.24, 2.45) is 0 Å². The van der Waals surface area contributed by atoms with Crippen LogP contribution in [0.1, 0.15) is 10.4 Å². The Bertz CT molecular complexity index is 1050. The zero-order chi connectivity index (χ0) is 19.9. The summed E-state index contributed by atoms with van der Waals surface area (Å²) in [5.74, 6) is -0.865. The molecule has 8 heteroatoms. The zero-order valence-electron chi connectivity index (χ0n) is 15.0. The highest BCUT2D eigenvalue weighted by atomic mass is 32.2. The van der Waals surface area contributed by atoms with Crippen LogP contribution in [0.15, 0.2) is 70.6 Å². The summed E-state index contributed by atoms with van der Waals surface area (Å²) in [5.41, 5.74) is 1.67. The van der Waals surface area contributed by atoms with Crippen LogP contribution in [0, 0.1) is 0 Å². The van der Waals surface area contributed by atoms with Crippen molar-refractivity contribution < 1.29 is 14.3 Å². The van der Waals surface area contributed by atoms with E-state index in [1.54, 1.807) is 24.3 Å². The van der Waals surface area contributed by atoms with E-state index in [1.807, 2.05) is 30.3 Å². The molecule has 1 heterocycles. The van der Waals surface area contributed by atoms with Crippen LogP contribution in [0.3, 0.4) is 0 Å². The van der Waals surface area contributed by atoms with E-state index in [0.717, 1.165) is 17.3 Å². The van der Waals surface area contributed by atoms with Gasteiger partial charge in [0.15, 0.2) is 5.16 Å². The molecule has 0 saturated heterocycles. The molecule has 3 aromatic rings. The molecule has 0 saturated carbocycles. The highest BCUT2D eigenvalue weighted by Crippen LogP contribution is 2.20. The fourth-order valence-electron chi connectivity index (χ4n) is 2.46. The van der Waals surface area contributed by atoms with E-state index in [9.17, 15) is 14.4 Å². The lowest BCUT2D eigenvalue weighted by molar-refractivity contribution is -0.113. The Morgan fingerprint density at radius 2 is 1.82 bits per heavy atom. The van der Waals surface area contributed by atoms with E-state index >= 15 is 0 Å².